The lowest BCUT2D eigenvalue weighted by molar-refractivity contribution is 1.73. The standard InChI is InChI=1S/C6H6Cl2NP/c7-10(8)6-3-1-5(9)2-4-6/h1-4H,9H2. The molecule has 10 heavy (non-hydrogen) atoms. The monoisotopic (exact) mass is 193 g/mol. The maximum Gasteiger partial charge on any atom is 0.116 e. The molecule has 0 spiro atoms. The fourth-order valence-electron chi connectivity index (χ4n) is 0.587. The molecular formula is C6H6Cl2NP. The summed E-state index contributed by atoms with van der Waals surface area (Å²) in [6.45, 7) is -1.02. The third kappa shape index (κ3) is 2.02. The molecule has 0 aromatic heterocycles. The minimum absolute atomic E-state index is 0.730. The van der Waals surface area contributed by atoms with Gasteiger partial charge >= 0.3 is 0 Å². The van der Waals surface area contributed by atoms with E-state index in [4.69, 9.17) is 28.2 Å². The van der Waals surface area contributed by atoms with Crippen molar-refractivity contribution < 1.29 is 0 Å². The van der Waals surface area contributed by atoms with Gasteiger partial charge in [-0.1, -0.05) is 34.6 Å². The maximum absolute atomic E-state index is 5.64. The topological polar surface area (TPSA) is 26.0 Å². The Labute approximate surface area is 70.5 Å². The molecule has 0 aliphatic carbocycles. The van der Waals surface area contributed by atoms with Crippen molar-refractivity contribution in [2.24, 2.45) is 0 Å². The number of rotatable bonds is 1. The molecule has 4 heteroatoms. The van der Waals surface area contributed by atoms with Crippen LogP contribution >= 0.6 is 29.1 Å². The van der Waals surface area contributed by atoms with Crippen LogP contribution in [0, 0.1) is 0 Å². The Morgan fingerprint density at radius 3 is 2.00 bits per heavy atom. The van der Waals surface area contributed by atoms with Crippen molar-refractivity contribution in [3.8, 4) is 0 Å². The minimum atomic E-state index is -1.02. The van der Waals surface area contributed by atoms with Gasteiger partial charge in [-0.25, -0.2) is 0 Å². The second-order valence-electron chi connectivity index (χ2n) is 1.82. The van der Waals surface area contributed by atoms with E-state index in [-0.39, 0.29) is 0 Å². The molecule has 54 valence electrons. The van der Waals surface area contributed by atoms with Crippen LogP contribution in [-0.2, 0) is 0 Å². The van der Waals surface area contributed by atoms with Crippen molar-refractivity contribution >= 4 is 40.1 Å². The molecule has 0 saturated carbocycles. The van der Waals surface area contributed by atoms with Crippen molar-refractivity contribution in [2.75, 3.05) is 5.73 Å². The van der Waals surface area contributed by atoms with Gasteiger partial charge in [0.15, 0.2) is 0 Å². The van der Waals surface area contributed by atoms with Crippen LogP contribution in [0.3, 0.4) is 0 Å². The SMILES string of the molecule is Nc1ccc(P(Cl)Cl)cc1. The van der Waals surface area contributed by atoms with Crippen LogP contribution in [0.25, 0.3) is 0 Å². The normalized spacial score (nSPS) is 10.3. The van der Waals surface area contributed by atoms with E-state index in [9.17, 15) is 0 Å². The third-order valence-electron chi connectivity index (χ3n) is 1.09. The molecule has 0 amide bonds. The van der Waals surface area contributed by atoms with Gasteiger partial charge < -0.3 is 5.73 Å². The summed E-state index contributed by atoms with van der Waals surface area (Å²) >= 11 is 11.3. The summed E-state index contributed by atoms with van der Waals surface area (Å²) in [7, 11) is 0. The molecule has 0 atom stereocenters. The summed E-state index contributed by atoms with van der Waals surface area (Å²) in [6, 6.07) is 7.24. The molecule has 0 radical (unpaired) electrons. The van der Waals surface area contributed by atoms with Gasteiger partial charge in [0.25, 0.3) is 0 Å². The number of benzene rings is 1. The molecule has 0 aliphatic heterocycles. The Balaban J connectivity index is 2.89. The summed E-state index contributed by atoms with van der Waals surface area (Å²) < 4.78 is 0. The van der Waals surface area contributed by atoms with Crippen molar-refractivity contribution in [3.05, 3.63) is 24.3 Å². The zero-order chi connectivity index (χ0) is 7.56. The largest absolute Gasteiger partial charge is 0.399 e. The lowest BCUT2D eigenvalue weighted by Crippen LogP contribution is -1.94. The quantitative estimate of drug-likeness (QED) is 0.539. The average molecular weight is 194 g/mol. The van der Waals surface area contributed by atoms with Crippen LogP contribution in [0.2, 0.25) is 0 Å². The van der Waals surface area contributed by atoms with Gasteiger partial charge in [0, 0.05) is 11.0 Å². The van der Waals surface area contributed by atoms with Gasteiger partial charge in [-0.2, -0.15) is 0 Å². The van der Waals surface area contributed by atoms with Gasteiger partial charge in [-0.05, 0) is 12.1 Å². The van der Waals surface area contributed by atoms with E-state index in [1.807, 2.05) is 12.1 Å². The van der Waals surface area contributed by atoms with E-state index in [1.54, 1.807) is 12.1 Å². The highest BCUT2D eigenvalue weighted by Crippen LogP contribution is 2.45. The second kappa shape index (κ2) is 3.43. The van der Waals surface area contributed by atoms with Crippen LogP contribution < -0.4 is 11.0 Å². The molecule has 0 unspecified atom stereocenters. The first-order chi connectivity index (χ1) is 4.70. The Morgan fingerprint density at radius 1 is 1.10 bits per heavy atom. The highest BCUT2D eigenvalue weighted by atomic mass is 35.9. The smallest absolute Gasteiger partial charge is 0.116 e. The number of hydrogen-bond donors (Lipinski definition) is 1. The van der Waals surface area contributed by atoms with E-state index in [1.165, 1.54) is 0 Å². The predicted molar refractivity (Wildman–Crippen MR) is 49.1 cm³/mol. The van der Waals surface area contributed by atoms with E-state index < -0.39 is 6.63 Å². The molecule has 0 aliphatic rings. The molecule has 0 fully saturated rings. The summed E-state index contributed by atoms with van der Waals surface area (Å²) in [5.74, 6) is 0. The second-order valence-corrected chi connectivity index (χ2v) is 5.35. The zero-order valence-corrected chi connectivity index (χ0v) is 7.50. The molecule has 0 bridgehead atoms. The molecule has 1 aromatic carbocycles. The van der Waals surface area contributed by atoms with Crippen molar-refractivity contribution in [2.45, 2.75) is 0 Å². The Morgan fingerprint density at radius 2 is 1.60 bits per heavy atom. The Kier molecular flexibility index (Phi) is 2.79. The van der Waals surface area contributed by atoms with E-state index in [0.29, 0.717) is 0 Å². The summed E-state index contributed by atoms with van der Waals surface area (Å²) in [5.41, 5.74) is 6.18. The first-order valence-corrected chi connectivity index (χ1v) is 5.82. The van der Waals surface area contributed by atoms with Gasteiger partial charge in [0.2, 0.25) is 0 Å². The average Bonchev–Trinajstić information content (AvgIpc) is 1.88. The van der Waals surface area contributed by atoms with Crippen LogP contribution in [-0.4, -0.2) is 0 Å². The number of anilines is 1. The third-order valence-corrected chi connectivity index (χ3v) is 2.95. The maximum atomic E-state index is 5.64. The van der Waals surface area contributed by atoms with Crippen LogP contribution in [0.1, 0.15) is 0 Å². The number of nitrogens with two attached hydrogens (primary N) is 1. The minimum Gasteiger partial charge on any atom is -0.399 e. The first-order valence-electron chi connectivity index (χ1n) is 2.67. The molecular weight excluding hydrogens is 188 g/mol. The lowest BCUT2D eigenvalue weighted by atomic mass is 10.3. The fraction of sp³-hybridized carbons (Fsp3) is 0. The summed E-state index contributed by atoms with van der Waals surface area (Å²) in [4.78, 5) is 0. The van der Waals surface area contributed by atoms with Crippen LogP contribution in [0.15, 0.2) is 24.3 Å². The predicted octanol–water partition coefficient (Wildman–Crippen LogP) is 2.68. The van der Waals surface area contributed by atoms with Crippen molar-refractivity contribution in [1.82, 2.24) is 0 Å². The highest BCUT2D eigenvalue weighted by Gasteiger charge is 2.00. The Bertz CT molecular complexity index is 209. The molecule has 2 N–H and O–H groups in total. The van der Waals surface area contributed by atoms with Gasteiger partial charge in [-0.3, -0.25) is 0 Å². The van der Waals surface area contributed by atoms with E-state index >= 15 is 0 Å². The highest BCUT2D eigenvalue weighted by molar-refractivity contribution is 8.08. The van der Waals surface area contributed by atoms with Crippen LogP contribution in [0.5, 0.6) is 0 Å². The number of hydrogen-bond acceptors (Lipinski definition) is 1. The molecule has 1 rings (SSSR count). The van der Waals surface area contributed by atoms with Gasteiger partial charge in [0.1, 0.15) is 6.63 Å². The fourth-order valence-corrected chi connectivity index (χ4v) is 1.64. The number of halogens is 2. The van der Waals surface area contributed by atoms with E-state index in [2.05, 4.69) is 0 Å². The summed E-state index contributed by atoms with van der Waals surface area (Å²) in [5, 5.41) is 0.938. The zero-order valence-electron chi connectivity index (χ0n) is 5.09. The molecule has 0 heterocycles. The van der Waals surface area contributed by atoms with Gasteiger partial charge in [-0.15, -0.1) is 0 Å². The first kappa shape index (κ1) is 8.13. The Hall–Kier alpha value is 0.0300. The van der Waals surface area contributed by atoms with Crippen LogP contribution in [0.4, 0.5) is 5.69 Å². The van der Waals surface area contributed by atoms with Crippen molar-refractivity contribution in [1.29, 1.82) is 0 Å². The summed E-state index contributed by atoms with van der Waals surface area (Å²) in [6.07, 6.45) is 0. The lowest BCUT2D eigenvalue weighted by Gasteiger charge is -1.99. The molecule has 1 aromatic rings. The number of nitrogen functional groups attached to an aromatic ring is 1. The molecule has 1 nitrogen and oxygen atoms in total. The molecule has 0 saturated heterocycles. The van der Waals surface area contributed by atoms with Gasteiger partial charge in [0.05, 0.1) is 0 Å². The van der Waals surface area contributed by atoms with Crippen molar-refractivity contribution in [3.63, 3.8) is 0 Å². The van der Waals surface area contributed by atoms with E-state index in [0.717, 1.165) is 11.0 Å².